The molecule has 0 radical (unpaired) electrons. The van der Waals surface area contributed by atoms with Gasteiger partial charge in [-0.25, -0.2) is 0 Å². The first-order valence-electron chi connectivity index (χ1n) is 5.85. The molecule has 0 saturated carbocycles. The summed E-state index contributed by atoms with van der Waals surface area (Å²) in [5.74, 6) is 1.17. The van der Waals surface area contributed by atoms with Crippen molar-refractivity contribution in [3.05, 3.63) is 27.8 Å². The van der Waals surface area contributed by atoms with Gasteiger partial charge in [0, 0.05) is 0 Å². The molecule has 1 aliphatic rings. The SMILES string of the molecule is Cc1c(C)c(O)c2c(c1C)C(C)CCC2. The molecule has 1 unspecified atom stereocenters. The number of rotatable bonds is 0. The highest BCUT2D eigenvalue weighted by atomic mass is 16.3. The van der Waals surface area contributed by atoms with E-state index < -0.39 is 0 Å². The lowest BCUT2D eigenvalue weighted by Gasteiger charge is -2.27. The molecule has 0 fully saturated rings. The van der Waals surface area contributed by atoms with E-state index in [0.29, 0.717) is 11.7 Å². The van der Waals surface area contributed by atoms with Crippen LogP contribution in [-0.2, 0) is 6.42 Å². The second kappa shape index (κ2) is 3.55. The largest absolute Gasteiger partial charge is 0.507 e. The Kier molecular flexibility index (Phi) is 2.49. The van der Waals surface area contributed by atoms with Gasteiger partial charge in [0.1, 0.15) is 5.75 Å². The Balaban J connectivity index is 2.74. The normalized spacial score (nSPS) is 20.1. The van der Waals surface area contributed by atoms with E-state index in [1.807, 2.05) is 6.92 Å². The summed E-state index contributed by atoms with van der Waals surface area (Å²) in [7, 11) is 0. The molecular weight excluding hydrogens is 184 g/mol. The summed E-state index contributed by atoms with van der Waals surface area (Å²) < 4.78 is 0. The minimum atomic E-state index is 0.555. The first-order chi connectivity index (χ1) is 7.04. The Morgan fingerprint density at radius 1 is 1.07 bits per heavy atom. The molecule has 1 aromatic carbocycles. The molecule has 0 aliphatic heterocycles. The molecule has 1 atom stereocenters. The Morgan fingerprint density at radius 2 is 1.73 bits per heavy atom. The third-order valence-electron chi connectivity index (χ3n) is 4.05. The molecule has 0 bridgehead atoms. The van der Waals surface area contributed by atoms with Crippen molar-refractivity contribution in [3.63, 3.8) is 0 Å². The average Bonchev–Trinajstić information content (AvgIpc) is 2.23. The van der Waals surface area contributed by atoms with Crippen molar-refractivity contribution < 1.29 is 5.11 Å². The third kappa shape index (κ3) is 1.45. The molecule has 0 saturated heterocycles. The van der Waals surface area contributed by atoms with Crippen molar-refractivity contribution in [1.29, 1.82) is 0 Å². The number of phenols is 1. The van der Waals surface area contributed by atoms with E-state index in [9.17, 15) is 5.11 Å². The monoisotopic (exact) mass is 204 g/mol. The van der Waals surface area contributed by atoms with Crippen LogP contribution in [0.25, 0.3) is 0 Å². The molecule has 1 N–H and O–H groups in total. The molecule has 0 amide bonds. The van der Waals surface area contributed by atoms with E-state index in [1.54, 1.807) is 0 Å². The number of aromatic hydroxyl groups is 1. The Labute approximate surface area is 92.1 Å². The van der Waals surface area contributed by atoms with Gasteiger partial charge in [0.2, 0.25) is 0 Å². The second-order valence-corrected chi connectivity index (χ2v) is 4.91. The smallest absolute Gasteiger partial charge is 0.122 e. The fourth-order valence-corrected chi connectivity index (χ4v) is 2.89. The number of fused-ring (bicyclic) bond motifs is 1. The van der Waals surface area contributed by atoms with Crippen molar-refractivity contribution in [2.75, 3.05) is 0 Å². The van der Waals surface area contributed by atoms with Gasteiger partial charge in [-0.15, -0.1) is 0 Å². The molecular formula is C14H20O. The van der Waals surface area contributed by atoms with E-state index in [2.05, 4.69) is 20.8 Å². The van der Waals surface area contributed by atoms with Gasteiger partial charge in [0.15, 0.2) is 0 Å². The minimum Gasteiger partial charge on any atom is -0.507 e. The first-order valence-corrected chi connectivity index (χ1v) is 5.85. The fraction of sp³-hybridized carbons (Fsp3) is 0.571. The van der Waals surface area contributed by atoms with Crippen LogP contribution in [-0.4, -0.2) is 5.11 Å². The summed E-state index contributed by atoms with van der Waals surface area (Å²) in [5, 5.41) is 10.2. The van der Waals surface area contributed by atoms with Crippen LogP contribution in [0, 0.1) is 20.8 Å². The van der Waals surface area contributed by atoms with Crippen molar-refractivity contribution in [3.8, 4) is 5.75 Å². The van der Waals surface area contributed by atoms with Crippen LogP contribution < -0.4 is 0 Å². The maximum atomic E-state index is 10.2. The van der Waals surface area contributed by atoms with E-state index in [0.717, 1.165) is 12.0 Å². The van der Waals surface area contributed by atoms with Crippen LogP contribution >= 0.6 is 0 Å². The van der Waals surface area contributed by atoms with Gasteiger partial charge in [-0.1, -0.05) is 6.92 Å². The number of benzene rings is 1. The highest BCUT2D eigenvalue weighted by Gasteiger charge is 2.24. The highest BCUT2D eigenvalue weighted by Crippen LogP contribution is 2.41. The number of phenolic OH excluding ortho intramolecular Hbond substituents is 1. The van der Waals surface area contributed by atoms with Crippen LogP contribution in [0.1, 0.15) is 53.5 Å². The van der Waals surface area contributed by atoms with Crippen LogP contribution in [0.2, 0.25) is 0 Å². The molecule has 1 aliphatic carbocycles. The predicted octanol–water partition coefficient (Wildman–Crippen LogP) is 3.76. The summed E-state index contributed by atoms with van der Waals surface area (Å²) in [4.78, 5) is 0. The molecule has 1 nitrogen and oxygen atoms in total. The van der Waals surface area contributed by atoms with Gasteiger partial charge >= 0.3 is 0 Å². The number of hydrogen-bond acceptors (Lipinski definition) is 1. The van der Waals surface area contributed by atoms with Crippen LogP contribution in [0.15, 0.2) is 0 Å². The Hall–Kier alpha value is -0.980. The Morgan fingerprint density at radius 3 is 2.40 bits per heavy atom. The van der Waals surface area contributed by atoms with Gasteiger partial charge in [-0.2, -0.15) is 0 Å². The molecule has 1 aromatic rings. The van der Waals surface area contributed by atoms with Crippen LogP contribution in [0.3, 0.4) is 0 Å². The summed E-state index contributed by atoms with van der Waals surface area (Å²) in [6.45, 7) is 8.62. The zero-order chi connectivity index (χ0) is 11.2. The molecule has 82 valence electrons. The molecule has 2 rings (SSSR count). The summed E-state index contributed by atoms with van der Waals surface area (Å²) in [6, 6.07) is 0. The first kappa shape index (κ1) is 10.5. The third-order valence-corrected chi connectivity index (χ3v) is 4.05. The lowest BCUT2D eigenvalue weighted by molar-refractivity contribution is 0.451. The number of hydrogen-bond donors (Lipinski definition) is 1. The zero-order valence-corrected chi connectivity index (χ0v) is 10.1. The lowest BCUT2D eigenvalue weighted by Crippen LogP contribution is -2.11. The highest BCUT2D eigenvalue weighted by molar-refractivity contribution is 5.55. The average molecular weight is 204 g/mol. The van der Waals surface area contributed by atoms with Gasteiger partial charge in [0.05, 0.1) is 0 Å². The maximum Gasteiger partial charge on any atom is 0.122 e. The fourth-order valence-electron chi connectivity index (χ4n) is 2.89. The molecule has 1 heteroatoms. The standard InChI is InChI=1S/C14H20O/c1-8-6-5-7-12-13(8)10(3)9(2)11(4)14(12)15/h8,15H,5-7H2,1-4H3. The topological polar surface area (TPSA) is 20.2 Å². The van der Waals surface area contributed by atoms with Crippen molar-refractivity contribution in [1.82, 2.24) is 0 Å². The molecule has 0 spiro atoms. The van der Waals surface area contributed by atoms with Crippen LogP contribution in [0.5, 0.6) is 5.75 Å². The van der Waals surface area contributed by atoms with Crippen molar-refractivity contribution >= 4 is 0 Å². The van der Waals surface area contributed by atoms with Crippen LogP contribution in [0.4, 0.5) is 0 Å². The van der Waals surface area contributed by atoms with E-state index in [4.69, 9.17) is 0 Å². The van der Waals surface area contributed by atoms with E-state index in [1.165, 1.54) is 35.1 Å². The summed E-state index contributed by atoms with van der Waals surface area (Å²) >= 11 is 0. The summed E-state index contributed by atoms with van der Waals surface area (Å²) in [5.41, 5.74) is 6.36. The van der Waals surface area contributed by atoms with Crippen molar-refractivity contribution in [2.24, 2.45) is 0 Å². The molecule has 0 heterocycles. The van der Waals surface area contributed by atoms with Crippen molar-refractivity contribution in [2.45, 2.75) is 52.9 Å². The van der Waals surface area contributed by atoms with E-state index >= 15 is 0 Å². The molecule has 15 heavy (non-hydrogen) atoms. The quantitative estimate of drug-likeness (QED) is 0.682. The second-order valence-electron chi connectivity index (χ2n) is 4.91. The lowest BCUT2D eigenvalue weighted by atomic mass is 9.78. The van der Waals surface area contributed by atoms with Gasteiger partial charge in [-0.3, -0.25) is 0 Å². The zero-order valence-electron chi connectivity index (χ0n) is 10.1. The van der Waals surface area contributed by atoms with Gasteiger partial charge in [-0.05, 0) is 73.8 Å². The van der Waals surface area contributed by atoms with E-state index in [-0.39, 0.29) is 0 Å². The van der Waals surface area contributed by atoms with Gasteiger partial charge < -0.3 is 5.11 Å². The van der Waals surface area contributed by atoms with Gasteiger partial charge in [0.25, 0.3) is 0 Å². The summed E-state index contributed by atoms with van der Waals surface area (Å²) in [6.07, 6.45) is 3.52. The predicted molar refractivity (Wildman–Crippen MR) is 63.7 cm³/mol. The maximum absolute atomic E-state index is 10.2. The Bertz CT molecular complexity index is 405. The molecule has 0 aromatic heterocycles. The minimum absolute atomic E-state index is 0.555.